The number of rotatable bonds is 4. The first kappa shape index (κ1) is 14.5. The van der Waals surface area contributed by atoms with Gasteiger partial charge in [-0.1, -0.05) is 5.16 Å². The topological polar surface area (TPSA) is 98.2 Å². The highest BCUT2D eigenvalue weighted by Crippen LogP contribution is 2.23. The second-order valence-electron chi connectivity index (χ2n) is 4.65. The molecule has 1 atom stereocenters. The van der Waals surface area contributed by atoms with Gasteiger partial charge in [0.1, 0.15) is 5.76 Å². The van der Waals surface area contributed by atoms with Gasteiger partial charge in [-0.2, -0.15) is 0 Å². The van der Waals surface area contributed by atoms with E-state index >= 15 is 0 Å². The quantitative estimate of drug-likeness (QED) is 0.840. The smallest absolute Gasteiger partial charge is 0.241 e. The van der Waals surface area contributed by atoms with Crippen molar-refractivity contribution in [3.8, 4) is 0 Å². The summed E-state index contributed by atoms with van der Waals surface area (Å²) in [6, 6.07) is 5.61. The molecule has 0 aliphatic carbocycles. The van der Waals surface area contributed by atoms with Gasteiger partial charge in [0.05, 0.1) is 10.6 Å². The fourth-order valence-electron chi connectivity index (χ4n) is 2.11. The van der Waals surface area contributed by atoms with Gasteiger partial charge in [0.2, 0.25) is 10.0 Å². The third kappa shape index (κ3) is 2.83. The molecule has 0 aliphatic heterocycles. The van der Waals surface area contributed by atoms with E-state index in [2.05, 4.69) is 9.88 Å². The van der Waals surface area contributed by atoms with Gasteiger partial charge in [-0.3, -0.25) is 0 Å². The number of anilines is 1. The third-order valence-electron chi connectivity index (χ3n) is 3.04. The third-order valence-corrected chi connectivity index (χ3v) is 4.60. The second kappa shape index (κ2) is 5.26. The van der Waals surface area contributed by atoms with E-state index < -0.39 is 16.1 Å². The Labute approximate surface area is 118 Å². The van der Waals surface area contributed by atoms with Gasteiger partial charge >= 0.3 is 0 Å². The molecule has 6 nitrogen and oxygen atoms in total. The van der Waals surface area contributed by atoms with Crippen LogP contribution in [0.15, 0.2) is 33.7 Å². The molecule has 0 fully saturated rings. The van der Waals surface area contributed by atoms with Gasteiger partial charge in [0.25, 0.3) is 0 Å². The Morgan fingerprint density at radius 1 is 1.25 bits per heavy atom. The molecule has 3 N–H and O–H groups in total. The highest BCUT2D eigenvalue weighted by molar-refractivity contribution is 7.89. The van der Waals surface area contributed by atoms with Gasteiger partial charge in [-0.25, -0.2) is 13.1 Å². The summed E-state index contributed by atoms with van der Waals surface area (Å²) in [5.74, 6) is 0.606. The fourth-order valence-corrected chi connectivity index (χ4v) is 3.33. The number of hydrogen-bond donors (Lipinski definition) is 2. The van der Waals surface area contributed by atoms with E-state index in [4.69, 9.17) is 10.3 Å². The number of nitrogen functional groups attached to an aromatic ring is 1. The van der Waals surface area contributed by atoms with Gasteiger partial charge in [-0.05, 0) is 45.0 Å². The zero-order valence-corrected chi connectivity index (χ0v) is 12.4. The van der Waals surface area contributed by atoms with Crippen molar-refractivity contribution in [2.45, 2.75) is 31.7 Å². The predicted octanol–water partition coefficient (Wildman–Crippen LogP) is 1.91. The fraction of sp³-hybridized carbons (Fsp3) is 0.308. The Hall–Kier alpha value is -1.86. The second-order valence-corrected chi connectivity index (χ2v) is 6.36. The number of aryl methyl sites for hydroxylation is 2. The number of nitrogens with zero attached hydrogens (tertiary/aromatic N) is 1. The van der Waals surface area contributed by atoms with E-state index in [0.717, 1.165) is 5.56 Å². The molecule has 2 rings (SSSR count). The van der Waals surface area contributed by atoms with E-state index in [9.17, 15) is 8.42 Å². The Bertz CT molecular complexity index is 685. The first-order valence-corrected chi connectivity index (χ1v) is 7.60. The monoisotopic (exact) mass is 295 g/mol. The van der Waals surface area contributed by atoms with E-state index in [1.54, 1.807) is 32.9 Å². The minimum atomic E-state index is -3.61. The van der Waals surface area contributed by atoms with Crippen LogP contribution in [0, 0.1) is 13.8 Å². The molecule has 0 saturated heterocycles. The summed E-state index contributed by atoms with van der Waals surface area (Å²) in [4.78, 5) is 0.172. The maximum atomic E-state index is 12.3. The lowest BCUT2D eigenvalue weighted by Crippen LogP contribution is -2.27. The Balaban J connectivity index is 2.27. The molecule has 108 valence electrons. The van der Waals surface area contributed by atoms with Crippen LogP contribution in [0.1, 0.15) is 30.0 Å². The molecule has 0 aliphatic rings. The Kier molecular flexibility index (Phi) is 3.82. The van der Waals surface area contributed by atoms with Crippen LogP contribution in [-0.4, -0.2) is 13.6 Å². The molecule has 1 aromatic heterocycles. The van der Waals surface area contributed by atoms with Crippen molar-refractivity contribution in [3.05, 3.63) is 41.3 Å². The van der Waals surface area contributed by atoms with Gasteiger partial charge < -0.3 is 10.3 Å². The molecule has 0 radical (unpaired) electrons. The number of aromatic nitrogens is 1. The van der Waals surface area contributed by atoms with Crippen LogP contribution >= 0.6 is 0 Å². The lowest BCUT2D eigenvalue weighted by molar-refractivity contribution is 0.391. The molecule has 1 aromatic carbocycles. The molecule has 0 saturated carbocycles. The molecule has 7 heteroatoms. The predicted molar refractivity (Wildman–Crippen MR) is 75.6 cm³/mol. The summed E-state index contributed by atoms with van der Waals surface area (Å²) in [5.41, 5.74) is 7.50. The van der Waals surface area contributed by atoms with Crippen LogP contribution in [-0.2, 0) is 10.0 Å². The summed E-state index contributed by atoms with van der Waals surface area (Å²) >= 11 is 0. The average Bonchev–Trinajstić information content (AvgIpc) is 2.69. The van der Waals surface area contributed by atoms with Gasteiger partial charge in [0.15, 0.2) is 0 Å². The van der Waals surface area contributed by atoms with Crippen LogP contribution < -0.4 is 10.5 Å². The number of nitrogens with one attached hydrogen (secondary N) is 1. The highest BCUT2D eigenvalue weighted by atomic mass is 32.2. The van der Waals surface area contributed by atoms with Crippen molar-refractivity contribution in [1.82, 2.24) is 9.88 Å². The van der Waals surface area contributed by atoms with Crippen molar-refractivity contribution in [2.75, 3.05) is 5.73 Å². The molecular formula is C13H17N3O3S. The van der Waals surface area contributed by atoms with Crippen LogP contribution in [0.2, 0.25) is 0 Å². The first-order valence-electron chi connectivity index (χ1n) is 6.12. The summed E-state index contributed by atoms with van der Waals surface area (Å²) in [5, 5.41) is 3.83. The van der Waals surface area contributed by atoms with Gasteiger partial charge in [0, 0.05) is 17.3 Å². The molecular weight excluding hydrogens is 278 g/mol. The minimum Gasteiger partial charge on any atom is -0.399 e. The van der Waals surface area contributed by atoms with E-state index in [1.165, 1.54) is 12.1 Å². The zero-order chi connectivity index (χ0) is 14.9. The average molecular weight is 295 g/mol. The van der Waals surface area contributed by atoms with Crippen molar-refractivity contribution in [2.24, 2.45) is 0 Å². The van der Waals surface area contributed by atoms with E-state index in [1.807, 2.05) is 0 Å². The normalized spacial score (nSPS) is 13.3. The van der Waals surface area contributed by atoms with Crippen molar-refractivity contribution >= 4 is 15.7 Å². The SMILES string of the molecule is Cc1noc(C)c1C(C)NS(=O)(=O)c1ccc(N)cc1. The molecule has 0 spiro atoms. The molecule has 0 bridgehead atoms. The lowest BCUT2D eigenvalue weighted by Gasteiger charge is -2.14. The van der Waals surface area contributed by atoms with Crippen LogP contribution in [0.5, 0.6) is 0 Å². The number of nitrogens with two attached hydrogens (primary N) is 1. The number of hydrogen-bond acceptors (Lipinski definition) is 5. The molecule has 1 heterocycles. The maximum Gasteiger partial charge on any atom is 0.241 e. The van der Waals surface area contributed by atoms with Crippen LogP contribution in [0.25, 0.3) is 0 Å². The molecule has 1 unspecified atom stereocenters. The van der Waals surface area contributed by atoms with Crippen LogP contribution in [0.3, 0.4) is 0 Å². The Morgan fingerprint density at radius 2 is 1.85 bits per heavy atom. The first-order chi connectivity index (χ1) is 9.31. The summed E-state index contributed by atoms with van der Waals surface area (Å²) in [6.45, 7) is 5.28. The number of benzene rings is 1. The summed E-state index contributed by atoms with van der Waals surface area (Å²) in [7, 11) is -3.61. The summed E-state index contributed by atoms with van der Waals surface area (Å²) in [6.07, 6.45) is 0. The molecule has 2 aromatic rings. The van der Waals surface area contributed by atoms with Crippen molar-refractivity contribution < 1.29 is 12.9 Å². The van der Waals surface area contributed by atoms with Gasteiger partial charge in [-0.15, -0.1) is 0 Å². The highest BCUT2D eigenvalue weighted by Gasteiger charge is 2.22. The zero-order valence-electron chi connectivity index (χ0n) is 11.5. The molecule has 20 heavy (non-hydrogen) atoms. The maximum absolute atomic E-state index is 12.3. The number of sulfonamides is 1. The van der Waals surface area contributed by atoms with Crippen molar-refractivity contribution in [3.63, 3.8) is 0 Å². The molecule has 0 amide bonds. The van der Waals surface area contributed by atoms with E-state index in [0.29, 0.717) is 17.1 Å². The summed E-state index contributed by atoms with van der Waals surface area (Å²) < 4.78 is 32.2. The largest absolute Gasteiger partial charge is 0.399 e. The van der Waals surface area contributed by atoms with Crippen molar-refractivity contribution in [1.29, 1.82) is 0 Å². The Morgan fingerprint density at radius 3 is 2.35 bits per heavy atom. The van der Waals surface area contributed by atoms with E-state index in [-0.39, 0.29) is 4.90 Å². The van der Waals surface area contributed by atoms with Crippen LogP contribution in [0.4, 0.5) is 5.69 Å². The minimum absolute atomic E-state index is 0.172. The lowest BCUT2D eigenvalue weighted by atomic mass is 10.1. The standard InChI is InChI=1S/C13H17N3O3S/c1-8-13(10(3)19-15-8)9(2)16-20(17,18)12-6-4-11(14)5-7-12/h4-7,9,16H,14H2,1-3H3.